The van der Waals surface area contributed by atoms with Gasteiger partial charge in [-0.05, 0) is 56.4 Å². The van der Waals surface area contributed by atoms with Crippen LogP contribution in [0.5, 0.6) is 0 Å². The van der Waals surface area contributed by atoms with Crippen molar-refractivity contribution >= 4 is 11.7 Å². The van der Waals surface area contributed by atoms with Gasteiger partial charge in [0.05, 0.1) is 5.56 Å². The maximum Gasteiger partial charge on any atom is 0.255 e. The van der Waals surface area contributed by atoms with E-state index in [9.17, 15) is 4.79 Å². The zero-order valence-corrected chi connectivity index (χ0v) is 13.2. The summed E-state index contributed by atoms with van der Waals surface area (Å²) in [6, 6.07) is 9.68. The van der Waals surface area contributed by atoms with Crippen molar-refractivity contribution < 1.29 is 4.79 Å². The van der Waals surface area contributed by atoms with E-state index in [1.54, 1.807) is 18.3 Å². The minimum absolute atomic E-state index is 0.0585. The highest BCUT2D eigenvalue weighted by Gasteiger charge is 2.27. The lowest BCUT2D eigenvalue weighted by Crippen LogP contribution is -2.44. The Labute approximate surface area is 136 Å². The van der Waals surface area contributed by atoms with Crippen LogP contribution >= 0.6 is 0 Å². The lowest BCUT2D eigenvalue weighted by molar-refractivity contribution is 0.0601. The molecule has 3 rings (SSSR count). The van der Waals surface area contributed by atoms with E-state index in [-0.39, 0.29) is 11.9 Å². The number of rotatable bonds is 4. The third-order valence-corrected chi connectivity index (χ3v) is 4.38. The number of nitrogens with zero attached hydrogens (tertiary/aromatic N) is 3. The van der Waals surface area contributed by atoms with Gasteiger partial charge < -0.3 is 10.6 Å². The van der Waals surface area contributed by atoms with Gasteiger partial charge in [-0.15, -0.1) is 0 Å². The van der Waals surface area contributed by atoms with Crippen molar-refractivity contribution in [3.63, 3.8) is 0 Å². The van der Waals surface area contributed by atoms with Crippen LogP contribution in [0.25, 0.3) is 0 Å². The molecule has 1 aliphatic heterocycles. The molecule has 3 heterocycles. The topological polar surface area (TPSA) is 72.1 Å². The maximum atomic E-state index is 12.8. The lowest BCUT2D eigenvalue weighted by Gasteiger charge is -2.36. The van der Waals surface area contributed by atoms with Crippen LogP contribution in [0.3, 0.4) is 0 Å². The number of carbonyl (C=O) groups is 1. The van der Waals surface area contributed by atoms with Gasteiger partial charge in [-0.25, -0.2) is 4.98 Å². The van der Waals surface area contributed by atoms with Crippen molar-refractivity contribution in [2.75, 3.05) is 12.3 Å². The Morgan fingerprint density at radius 1 is 1.22 bits per heavy atom. The highest BCUT2D eigenvalue weighted by atomic mass is 16.2. The molecular weight excluding hydrogens is 288 g/mol. The average molecular weight is 310 g/mol. The van der Waals surface area contributed by atoms with Crippen LogP contribution in [0.15, 0.2) is 42.7 Å². The number of amides is 1. The van der Waals surface area contributed by atoms with Crippen LogP contribution in [0.2, 0.25) is 0 Å². The van der Waals surface area contributed by atoms with Crippen molar-refractivity contribution in [3.8, 4) is 0 Å². The van der Waals surface area contributed by atoms with Crippen LogP contribution in [0.4, 0.5) is 5.82 Å². The molecule has 1 fully saturated rings. The van der Waals surface area contributed by atoms with Crippen LogP contribution < -0.4 is 5.73 Å². The summed E-state index contributed by atoms with van der Waals surface area (Å²) in [7, 11) is 0. The molecule has 1 amide bonds. The van der Waals surface area contributed by atoms with Crippen molar-refractivity contribution in [1.82, 2.24) is 14.9 Å². The van der Waals surface area contributed by atoms with Crippen LogP contribution in [-0.2, 0) is 6.42 Å². The SMILES string of the molecule is Nc1ccc(C(=O)N2CCCCC2CCc2ccccn2)cn1. The van der Waals surface area contributed by atoms with Crippen molar-refractivity contribution in [1.29, 1.82) is 0 Å². The van der Waals surface area contributed by atoms with Gasteiger partial charge in [0.25, 0.3) is 5.91 Å². The molecule has 1 saturated heterocycles. The minimum Gasteiger partial charge on any atom is -0.384 e. The molecule has 2 aromatic heterocycles. The first-order valence-electron chi connectivity index (χ1n) is 8.16. The minimum atomic E-state index is 0.0585. The number of nitrogens with two attached hydrogens (primary N) is 1. The van der Waals surface area contributed by atoms with Gasteiger partial charge in [-0.2, -0.15) is 0 Å². The number of nitrogen functional groups attached to an aromatic ring is 1. The Bertz CT molecular complexity index is 642. The smallest absolute Gasteiger partial charge is 0.255 e. The third kappa shape index (κ3) is 3.86. The normalized spacial score (nSPS) is 17.9. The number of aryl methyl sites for hydroxylation is 1. The zero-order valence-electron chi connectivity index (χ0n) is 13.2. The van der Waals surface area contributed by atoms with E-state index >= 15 is 0 Å². The summed E-state index contributed by atoms with van der Waals surface area (Å²) in [4.78, 5) is 23.2. The Kier molecular flexibility index (Phi) is 4.86. The number of aromatic nitrogens is 2. The maximum absolute atomic E-state index is 12.8. The van der Waals surface area contributed by atoms with E-state index in [1.807, 2.05) is 29.3 Å². The molecule has 5 nitrogen and oxygen atoms in total. The third-order valence-electron chi connectivity index (χ3n) is 4.38. The predicted octanol–water partition coefficient (Wildman–Crippen LogP) is 2.69. The first kappa shape index (κ1) is 15.5. The molecule has 1 unspecified atom stereocenters. The molecular formula is C18H22N4O. The van der Waals surface area contributed by atoms with Gasteiger partial charge in [-0.3, -0.25) is 9.78 Å². The summed E-state index contributed by atoms with van der Waals surface area (Å²) >= 11 is 0. The molecule has 0 radical (unpaired) electrons. The molecule has 2 N–H and O–H groups in total. The highest BCUT2D eigenvalue weighted by molar-refractivity contribution is 5.94. The average Bonchev–Trinajstić information content (AvgIpc) is 2.61. The van der Waals surface area contributed by atoms with Gasteiger partial charge in [-0.1, -0.05) is 6.07 Å². The van der Waals surface area contributed by atoms with E-state index in [0.717, 1.165) is 37.9 Å². The Hall–Kier alpha value is -2.43. The summed E-state index contributed by atoms with van der Waals surface area (Å²) in [6.07, 6.45) is 8.54. The zero-order chi connectivity index (χ0) is 16.1. The summed E-state index contributed by atoms with van der Waals surface area (Å²) in [5.41, 5.74) is 7.30. The van der Waals surface area contributed by atoms with Gasteiger partial charge in [0, 0.05) is 30.7 Å². The second kappa shape index (κ2) is 7.22. The first-order chi connectivity index (χ1) is 11.2. The monoisotopic (exact) mass is 310 g/mol. The summed E-state index contributed by atoms with van der Waals surface area (Å²) in [5.74, 6) is 0.495. The lowest BCUT2D eigenvalue weighted by atomic mass is 9.96. The van der Waals surface area contributed by atoms with E-state index in [2.05, 4.69) is 9.97 Å². The molecule has 120 valence electrons. The van der Waals surface area contributed by atoms with E-state index < -0.39 is 0 Å². The number of pyridine rings is 2. The second-order valence-electron chi connectivity index (χ2n) is 5.98. The van der Waals surface area contributed by atoms with Gasteiger partial charge in [0.2, 0.25) is 0 Å². The summed E-state index contributed by atoms with van der Waals surface area (Å²) in [5, 5.41) is 0. The fourth-order valence-corrected chi connectivity index (χ4v) is 3.13. The quantitative estimate of drug-likeness (QED) is 0.942. The number of hydrogen-bond donors (Lipinski definition) is 1. The molecule has 0 aliphatic carbocycles. The molecule has 5 heteroatoms. The highest BCUT2D eigenvalue weighted by Crippen LogP contribution is 2.23. The molecule has 23 heavy (non-hydrogen) atoms. The van der Waals surface area contributed by atoms with Gasteiger partial charge >= 0.3 is 0 Å². The molecule has 0 spiro atoms. The Morgan fingerprint density at radius 3 is 2.87 bits per heavy atom. The van der Waals surface area contributed by atoms with Gasteiger partial charge in [0.1, 0.15) is 5.82 Å². The van der Waals surface area contributed by atoms with Crippen molar-refractivity contribution in [2.24, 2.45) is 0 Å². The first-order valence-corrected chi connectivity index (χ1v) is 8.16. The summed E-state index contributed by atoms with van der Waals surface area (Å²) in [6.45, 7) is 0.816. The van der Waals surface area contributed by atoms with E-state index in [4.69, 9.17) is 5.73 Å². The van der Waals surface area contributed by atoms with E-state index in [1.165, 1.54) is 6.42 Å². The van der Waals surface area contributed by atoms with E-state index in [0.29, 0.717) is 11.4 Å². The molecule has 0 saturated carbocycles. The Morgan fingerprint density at radius 2 is 2.13 bits per heavy atom. The van der Waals surface area contributed by atoms with Crippen LogP contribution in [0.1, 0.15) is 41.7 Å². The number of piperidine rings is 1. The predicted molar refractivity (Wildman–Crippen MR) is 89.9 cm³/mol. The van der Waals surface area contributed by atoms with Crippen LogP contribution in [0, 0.1) is 0 Å². The fourth-order valence-electron chi connectivity index (χ4n) is 3.13. The second-order valence-corrected chi connectivity index (χ2v) is 5.98. The largest absolute Gasteiger partial charge is 0.384 e. The van der Waals surface area contributed by atoms with Gasteiger partial charge in [0.15, 0.2) is 0 Å². The number of anilines is 1. The molecule has 0 aromatic carbocycles. The fraction of sp³-hybridized carbons (Fsp3) is 0.389. The molecule has 1 atom stereocenters. The number of carbonyl (C=O) groups excluding carboxylic acids is 1. The Balaban J connectivity index is 1.68. The molecule has 1 aliphatic rings. The molecule has 0 bridgehead atoms. The number of hydrogen-bond acceptors (Lipinski definition) is 4. The van der Waals surface area contributed by atoms with Crippen LogP contribution in [-0.4, -0.2) is 33.4 Å². The van der Waals surface area contributed by atoms with Crippen molar-refractivity contribution in [3.05, 3.63) is 54.0 Å². The molecule has 2 aromatic rings. The standard InChI is InChI=1S/C18H22N4O/c19-17-10-7-14(13-21-17)18(23)22-12-4-2-6-16(22)9-8-15-5-1-3-11-20-15/h1,3,5,7,10-11,13,16H,2,4,6,8-9,12H2,(H2,19,21). The number of likely N-dealkylation sites (tertiary alicyclic amines) is 1. The summed E-state index contributed by atoms with van der Waals surface area (Å²) < 4.78 is 0. The van der Waals surface area contributed by atoms with Crippen molar-refractivity contribution in [2.45, 2.75) is 38.1 Å².